The number of benzene rings is 2. The zero-order valence-electron chi connectivity index (χ0n) is 13.0. The van der Waals surface area contributed by atoms with E-state index in [1.54, 1.807) is 7.11 Å². The van der Waals surface area contributed by atoms with Gasteiger partial charge in [0.1, 0.15) is 11.5 Å². The van der Waals surface area contributed by atoms with Crippen LogP contribution in [-0.4, -0.2) is 13.7 Å². The van der Waals surface area contributed by atoms with E-state index in [1.807, 2.05) is 30.3 Å². The summed E-state index contributed by atoms with van der Waals surface area (Å²) in [5, 5.41) is 3.42. The first-order chi connectivity index (χ1) is 10.2. The lowest BCUT2D eigenvalue weighted by Crippen LogP contribution is -2.02. The van der Waals surface area contributed by atoms with E-state index in [1.165, 1.54) is 5.56 Å². The number of aryl methyl sites for hydroxylation is 1. The van der Waals surface area contributed by atoms with Gasteiger partial charge in [-0.1, -0.05) is 30.7 Å². The molecule has 2 aromatic rings. The van der Waals surface area contributed by atoms with Crippen molar-refractivity contribution >= 4 is 5.69 Å². The lowest BCUT2D eigenvalue weighted by Gasteiger charge is -2.12. The van der Waals surface area contributed by atoms with Crippen LogP contribution in [0.3, 0.4) is 0 Å². The van der Waals surface area contributed by atoms with Crippen LogP contribution in [0.4, 0.5) is 5.69 Å². The van der Waals surface area contributed by atoms with Crippen LogP contribution in [0.5, 0.6) is 11.5 Å². The Kier molecular flexibility index (Phi) is 5.50. The number of methoxy groups -OCH3 is 1. The normalized spacial score (nSPS) is 10.2. The van der Waals surface area contributed by atoms with Crippen LogP contribution >= 0.6 is 0 Å². The first-order valence-corrected chi connectivity index (χ1v) is 7.33. The Morgan fingerprint density at radius 2 is 1.95 bits per heavy atom. The van der Waals surface area contributed by atoms with Crippen molar-refractivity contribution in [2.24, 2.45) is 0 Å². The number of anilines is 1. The van der Waals surface area contributed by atoms with Gasteiger partial charge in [0.05, 0.1) is 13.7 Å². The molecule has 0 saturated heterocycles. The summed E-state index contributed by atoms with van der Waals surface area (Å²) in [6, 6.07) is 14.3. The summed E-state index contributed by atoms with van der Waals surface area (Å²) >= 11 is 0. The van der Waals surface area contributed by atoms with Gasteiger partial charge in [-0.25, -0.2) is 0 Å². The van der Waals surface area contributed by atoms with Crippen LogP contribution < -0.4 is 14.8 Å². The molecule has 0 fully saturated rings. The summed E-state index contributed by atoms with van der Waals surface area (Å²) in [5.74, 6) is 1.81. The molecule has 2 rings (SSSR count). The number of hydrogen-bond donors (Lipinski definition) is 1. The molecular formula is C18H23NO2. The maximum atomic E-state index is 5.65. The molecule has 0 radical (unpaired) electrons. The Morgan fingerprint density at radius 1 is 1.10 bits per heavy atom. The second-order valence-corrected chi connectivity index (χ2v) is 5.05. The summed E-state index contributed by atoms with van der Waals surface area (Å²) in [7, 11) is 1.70. The first kappa shape index (κ1) is 15.2. The van der Waals surface area contributed by atoms with Gasteiger partial charge in [0.2, 0.25) is 0 Å². The van der Waals surface area contributed by atoms with E-state index in [4.69, 9.17) is 9.47 Å². The van der Waals surface area contributed by atoms with E-state index < -0.39 is 0 Å². The van der Waals surface area contributed by atoms with Gasteiger partial charge < -0.3 is 14.8 Å². The summed E-state index contributed by atoms with van der Waals surface area (Å²) in [6.45, 7) is 5.66. The topological polar surface area (TPSA) is 30.5 Å². The molecule has 0 atom stereocenters. The van der Waals surface area contributed by atoms with Crippen molar-refractivity contribution in [1.29, 1.82) is 0 Å². The van der Waals surface area contributed by atoms with Crippen molar-refractivity contribution in [2.75, 3.05) is 19.0 Å². The summed E-state index contributed by atoms with van der Waals surface area (Å²) < 4.78 is 11.0. The van der Waals surface area contributed by atoms with Gasteiger partial charge in [-0.05, 0) is 31.5 Å². The zero-order valence-corrected chi connectivity index (χ0v) is 13.0. The molecule has 0 aliphatic carbocycles. The average molecular weight is 285 g/mol. The lowest BCUT2D eigenvalue weighted by atomic mass is 10.1. The third-order valence-electron chi connectivity index (χ3n) is 3.23. The highest BCUT2D eigenvalue weighted by molar-refractivity contribution is 5.49. The summed E-state index contributed by atoms with van der Waals surface area (Å²) in [5.41, 5.74) is 3.43. The van der Waals surface area contributed by atoms with Crippen LogP contribution in [0.1, 0.15) is 24.5 Å². The molecule has 0 amide bonds. The Bertz CT molecular complexity index is 581. The Labute approximate surface area is 126 Å². The predicted octanol–water partition coefficient (Wildman–Crippen LogP) is 4.40. The van der Waals surface area contributed by atoms with Crippen LogP contribution in [0, 0.1) is 6.92 Å². The SMILES string of the molecule is CCCOc1cccc(NCc2cc(C)ccc2OC)c1. The Morgan fingerprint density at radius 3 is 2.71 bits per heavy atom. The fraction of sp³-hybridized carbons (Fsp3) is 0.333. The summed E-state index contributed by atoms with van der Waals surface area (Å²) in [6.07, 6.45) is 1.01. The third kappa shape index (κ3) is 4.42. The van der Waals surface area contributed by atoms with Crippen LogP contribution in [-0.2, 0) is 6.54 Å². The highest BCUT2D eigenvalue weighted by Gasteiger charge is 2.03. The van der Waals surface area contributed by atoms with E-state index in [0.29, 0.717) is 0 Å². The fourth-order valence-corrected chi connectivity index (χ4v) is 2.16. The number of rotatable bonds is 7. The highest BCUT2D eigenvalue weighted by Crippen LogP contribution is 2.22. The van der Waals surface area contributed by atoms with E-state index in [9.17, 15) is 0 Å². The monoisotopic (exact) mass is 285 g/mol. The minimum absolute atomic E-state index is 0.724. The maximum Gasteiger partial charge on any atom is 0.123 e. The third-order valence-corrected chi connectivity index (χ3v) is 3.23. The molecule has 21 heavy (non-hydrogen) atoms. The van der Waals surface area contributed by atoms with Crippen LogP contribution in [0.2, 0.25) is 0 Å². The lowest BCUT2D eigenvalue weighted by molar-refractivity contribution is 0.317. The van der Waals surface area contributed by atoms with Gasteiger partial charge in [0, 0.05) is 23.9 Å². The Balaban J connectivity index is 2.04. The number of nitrogens with one attached hydrogen (secondary N) is 1. The van der Waals surface area contributed by atoms with Gasteiger partial charge in [0.25, 0.3) is 0 Å². The van der Waals surface area contributed by atoms with E-state index >= 15 is 0 Å². The number of hydrogen-bond acceptors (Lipinski definition) is 3. The maximum absolute atomic E-state index is 5.65. The van der Waals surface area contributed by atoms with E-state index in [-0.39, 0.29) is 0 Å². The summed E-state index contributed by atoms with van der Waals surface area (Å²) in [4.78, 5) is 0. The van der Waals surface area contributed by atoms with Gasteiger partial charge >= 0.3 is 0 Å². The average Bonchev–Trinajstić information content (AvgIpc) is 2.51. The van der Waals surface area contributed by atoms with Crippen LogP contribution in [0.25, 0.3) is 0 Å². The van der Waals surface area contributed by atoms with Crippen molar-refractivity contribution in [3.8, 4) is 11.5 Å². The molecule has 112 valence electrons. The Hall–Kier alpha value is -2.16. The van der Waals surface area contributed by atoms with Crippen molar-refractivity contribution in [2.45, 2.75) is 26.8 Å². The molecule has 2 aromatic carbocycles. The smallest absolute Gasteiger partial charge is 0.123 e. The minimum Gasteiger partial charge on any atom is -0.496 e. The predicted molar refractivity (Wildman–Crippen MR) is 87.3 cm³/mol. The van der Waals surface area contributed by atoms with Gasteiger partial charge in [-0.2, -0.15) is 0 Å². The second kappa shape index (κ2) is 7.58. The van der Waals surface area contributed by atoms with Gasteiger partial charge in [-0.15, -0.1) is 0 Å². The molecule has 3 heteroatoms. The fourth-order valence-electron chi connectivity index (χ4n) is 2.16. The van der Waals surface area contributed by atoms with Gasteiger partial charge in [0.15, 0.2) is 0 Å². The molecular weight excluding hydrogens is 262 g/mol. The molecule has 0 spiro atoms. The van der Waals surface area contributed by atoms with E-state index in [0.717, 1.165) is 42.3 Å². The van der Waals surface area contributed by atoms with Crippen molar-refractivity contribution < 1.29 is 9.47 Å². The van der Waals surface area contributed by atoms with Crippen molar-refractivity contribution in [1.82, 2.24) is 0 Å². The first-order valence-electron chi connectivity index (χ1n) is 7.33. The van der Waals surface area contributed by atoms with Crippen LogP contribution in [0.15, 0.2) is 42.5 Å². The highest BCUT2D eigenvalue weighted by atomic mass is 16.5. The largest absolute Gasteiger partial charge is 0.496 e. The molecule has 0 bridgehead atoms. The standard InChI is InChI=1S/C18H23NO2/c1-4-10-21-17-7-5-6-16(12-17)19-13-15-11-14(2)8-9-18(15)20-3/h5-9,11-12,19H,4,10,13H2,1-3H3. The van der Waals surface area contributed by atoms with Crippen molar-refractivity contribution in [3.63, 3.8) is 0 Å². The molecule has 0 aromatic heterocycles. The van der Waals surface area contributed by atoms with Gasteiger partial charge in [-0.3, -0.25) is 0 Å². The molecule has 1 N–H and O–H groups in total. The quantitative estimate of drug-likeness (QED) is 0.817. The number of ether oxygens (including phenoxy) is 2. The molecule has 0 heterocycles. The van der Waals surface area contributed by atoms with E-state index in [2.05, 4.69) is 31.3 Å². The molecule has 0 saturated carbocycles. The molecule has 0 unspecified atom stereocenters. The van der Waals surface area contributed by atoms with Crippen molar-refractivity contribution in [3.05, 3.63) is 53.6 Å². The minimum atomic E-state index is 0.724. The second-order valence-electron chi connectivity index (χ2n) is 5.05. The molecule has 3 nitrogen and oxygen atoms in total. The molecule has 0 aliphatic heterocycles. The molecule has 0 aliphatic rings. The zero-order chi connectivity index (χ0) is 15.1.